The molecule has 34 heavy (non-hydrogen) atoms. The number of alkyl halides is 3. The lowest BCUT2D eigenvalue weighted by Crippen LogP contribution is -2.12. The number of nitrogens with two attached hydrogens (primary N) is 1. The first-order chi connectivity index (χ1) is 15.8. The number of H-pyrrole nitrogens is 1. The summed E-state index contributed by atoms with van der Waals surface area (Å²) in [7, 11) is -3.90. The van der Waals surface area contributed by atoms with Crippen molar-refractivity contribution in [1.29, 1.82) is 0 Å². The number of nitrogens with zero attached hydrogens (tertiary/aromatic N) is 2. The van der Waals surface area contributed by atoms with Crippen LogP contribution in [0, 0.1) is 13.8 Å². The second-order valence-corrected chi connectivity index (χ2v) is 8.99. The minimum Gasteiger partial charge on any atom is -0.327 e. The molecule has 2 aromatic heterocycles. The summed E-state index contributed by atoms with van der Waals surface area (Å²) < 4.78 is 63.2. The third-order valence-corrected chi connectivity index (χ3v) is 5.60. The van der Waals surface area contributed by atoms with Gasteiger partial charge in [-0.05, 0) is 50.2 Å². The molecule has 0 saturated carbocycles. The van der Waals surface area contributed by atoms with Gasteiger partial charge in [0.2, 0.25) is 15.6 Å². The molecule has 178 valence electrons. The van der Waals surface area contributed by atoms with E-state index in [9.17, 15) is 26.4 Å². The van der Waals surface area contributed by atoms with Crippen molar-refractivity contribution in [3.05, 3.63) is 100 Å². The van der Waals surface area contributed by atoms with Crippen LogP contribution in [0.3, 0.4) is 0 Å². The minimum absolute atomic E-state index is 0.0370. The van der Waals surface area contributed by atoms with E-state index in [1.54, 1.807) is 30.3 Å². The van der Waals surface area contributed by atoms with Crippen LogP contribution in [0.2, 0.25) is 0 Å². The molecule has 0 radical (unpaired) electrons. The molecule has 0 spiro atoms. The zero-order chi connectivity index (χ0) is 25.1. The van der Waals surface area contributed by atoms with Gasteiger partial charge in [-0.2, -0.15) is 18.3 Å². The fourth-order valence-corrected chi connectivity index (χ4v) is 3.50. The summed E-state index contributed by atoms with van der Waals surface area (Å²) in [5.41, 5.74) is 1.86. The van der Waals surface area contributed by atoms with E-state index in [1.165, 1.54) is 30.3 Å². The highest BCUT2D eigenvalue weighted by atomic mass is 32.2. The SMILES string of the molecule is Cc1ccc(-c2cc(C(F)(F)F)nn2-c2ccc(S(N)(=O)=O)cc2)cc1.Cc1cccc(=O)[nH]1. The van der Waals surface area contributed by atoms with E-state index in [4.69, 9.17) is 5.14 Å². The van der Waals surface area contributed by atoms with Crippen LogP contribution in [0.15, 0.2) is 82.5 Å². The van der Waals surface area contributed by atoms with Crippen LogP contribution in [-0.2, 0) is 16.2 Å². The van der Waals surface area contributed by atoms with Crippen LogP contribution in [0.25, 0.3) is 16.9 Å². The highest BCUT2D eigenvalue weighted by Crippen LogP contribution is 2.33. The fraction of sp³-hybridized carbons (Fsp3) is 0.130. The van der Waals surface area contributed by atoms with E-state index in [0.29, 0.717) is 5.56 Å². The average molecular weight is 491 g/mol. The summed E-state index contributed by atoms with van der Waals surface area (Å²) in [5.74, 6) is 0. The summed E-state index contributed by atoms with van der Waals surface area (Å²) in [6, 6.07) is 18.1. The first-order valence-corrected chi connectivity index (χ1v) is 11.4. The van der Waals surface area contributed by atoms with Crippen molar-refractivity contribution in [2.24, 2.45) is 5.14 Å². The number of benzene rings is 2. The highest BCUT2D eigenvalue weighted by molar-refractivity contribution is 7.89. The third-order valence-electron chi connectivity index (χ3n) is 4.67. The van der Waals surface area contributed by atoms with Crippen molar-refractivity contribution in [1.82, 2.24) is 14.8 Å². The first-order valence-electron chi connectivity index (χ1n) is 9.88. The number of aromatic nitrogens is 3. The molecule has 0 unspecified atom stereocenters. The lowest BCUT2D eigenvalue weighted by molar-refractivity contribution is -0.141. The molecule has 0 bridgehead atoms. The van der Waals surface area contributed by atoms with Crippen molar-refractivity contribution in [3.8, 4) is 16.9 Å². The lowest BCUT2D eigenvalue weighted by atomic mass is 10.1. The molecule has 3 N–H and O–H groups in total. The van der Waals surface area contributed by atoms with Crippen LogP contribution < -0.4 is 10.7 Å². The molecule has 0 aliphatic carbocycles. The first kappa shape index (κ1) is 24.9. The molecular formula is C23H21F3N4O3S. The van der Waals surface area contributed by atoms with Gasteiger partial charge in [0.05, 0.1) is 16.3 Å². The summed E-state index contributed by atoms with van der Waals surface area (Å²) in [6.07, 6.45) is -4.61. The van der Waals surface area contributed by atoms with Gasteiger partial charge in [0.25, 0.3) is 0 Å². The Labute approximate surface area is 193 Å². The monoisotopic (exact) mass is 490 g/mol. The van der Waals surface area contributed by atoms with Gasteiger partial charge in [-0.25, -0.2) is 18.2 Å². The van der Waals surface area contributed by atoms with Crippen LogP contribution in [0.1, 0.15) is 17.0 Å². The maximum absolute atomic E-state index is 13.1. The maximum Gasteiger partial charge on any atom is 0.435 e. The summed E-state index contributed by atoms with van der Waals surface area (Å²) >= 11 is 0. The topological polar surface area (TPSA) is 111 Å². The second kappa shape index (κ2) is 9.65. The number of hydrogen-bond donors (Lipinski definition) is 2. The molecule has 7 nitrogen and oxygen atoms in total. The van der Waals surface area contributed by atoms with Gasteiger partial charge < -0.3 is 4.98 Å². The molecule has 0 saturated heterocycles. The molecule has 0 amide bonds. The van der Waals surface area contributed by atoms with Gasteiger partial charge in [0.1, 0.15) is 0 Å². The van der Waals surface area contributed by atoms with Crippen LogP contribution in [0.5, 0.6) is 0 Å². The van der Waals surface area contributed by atoms with E-state index in [2.05, 4.69) is 10.1 Å². The number of sulfonamides is 1. The zero-order valence-electron chi connectivity index (χ0n) is 18.2. The van der Waals surface area contributed by atoms with E-state index in [0.717, 1.165) is 22.0 Å². The number of pyridine rings is 1. The number of aryl methyl sites for hydroxylation is 2. The van der Waals surface area contributed by atoms with Gasteiger partial charge in [-0.1, -0.05) is 35.9 Å². The maximum atomic E-state index is 13.1. The number of nitrogens with one attached hydrogen (secondary N) is 1. The Morgan fingerprint density at radius 1 is 0.941 bits per heavy atom. The molecule has 0 atom stereocenters. The Hall–Kier alpha value is -3.70. The summed E-state index contributed by atoms with van der Waals surface area (Å²) in [4.78, 5) is 12.9. The Bertz CT molecular complexity index is 1440. The standard InChI is InChI=1S/C17H14F3N3O2S.C6H7NO/c1-11-2-4-12(5-3-11)15-10-16(17(18,19)20)22-23(15)13-6-8-14(9-7-13)26(21,24)25;1-5-3-2-4-6(8)7-5/h2-10H,1H3,(H2,21,24,25);2-4H,1H3,(H,7,8). The van der Waals surface area contributed by atoms with Gasteiger partial charge in [-0.15, -0.1) is 0 Å². The van der Waals surface area contributed by atoms with Gasteiger partial charge in [0.15, 0.2) is 5.69 Å². The second-order valence-electron chi connectivity index (χ2n) is 7.43. The number of hydrogen-bond acceptors (Lipinski definition) is 4. The van der Waals surface area contributed by atoms with Crippen LogP contribution in [0.4, 0.5) is 13.2 Å². The summed E-state index contributed by atoms with van der Waals surface area (Å²) in [6.45, 7) is 3.72. The smallest absolute Gasteiger partial charge is 0.327 e. The Morgan fingerprint density at radius 2 is 1.56 bits per heavy atom. The fourth-order valence-electron chi connectivity index (χ4n) is 2.98. The average Bonchev–Trinajstić information content (AvgIpc) is 3.20. The van der Waals surface area contributed by atoms with Gasteiger partial charge in [0, 0.05) is 17.3 Å². The predicted octanol–water partition coefficient (Wildman–Crippen LogP) is 4.20. The van der Waals surface area contributed by atoms with Gasteiger partial charge in [-0.3, -0.25) is 4.79 Å². The summed E-state index contributed by atoms with van der Waals surface area (Å²) in [5, 5.41) is 8.70. The highest BCUT2D eigenvalue weighted by Gasteiger charge is 2.35. The van der Waals surface area contributed by atoms with E-state index in [-0.39, 0.29) is 21.8 Å². The van der Waals surface area contributed by atoms with Gasteiger partial charge >= 0.3 is 6.18 Å². The largest absolute Gasteiger partial charge is 0.435 e. The number of aromatic amines is 1. The lowest BCUT2D eigenvalue weighted by Gasteiger charge is -2.09. The molecular weight excluding hydrogens is 469 g/mol. The van der Waals surface area contributed by atoms with Crippen LogP contribution in [-0.4, -0.2) is 23.2 Å². The van der Waals surface area contributed by atoms with Crippen molar-refractivity contribution in [2.75, 3.05) is 0 Å². The van der Waals surface area contributed by atoms with E-state index < -0.39 is 21.9 Å². The third kappa shape index (κ3) is 6.21. The van der Waals surface area contributed by atoms with E-state index >= 15 is 0 Å². The van der Waals surface area contributed by atoms with Crippen molar-refractivity contribution in [3.63, 3.8) is 0 Å². The Kier molecular flexibility index (Phi) is 7.08. The minimum atomic E-state index is -4.61. The predicted molar refractivity (Wildman–Crippen MR) is 122 cm³/mol. The molecule has 4 aromatic rings. The number of primary sulfonamides is 1. The molecule has 0 aliphatic rings. The van der Waals surface area contributed by atoms with Crippen molar-refractivity contribution < 1.29 is 21.6 Å². The van der Waals surface area contributed by atoms with Crippen molar-refractivity contribution >= 4 is 10.0 Å². The number of rotatable bonds is 3. The molecule has 0 aliphatic heterocycles. The van der Waals surface area contributed by atoms with Crippen molar-refractivity contribution in [2.45, 2.75) is 24.9 Å². The van der Waals surface area contributed by atoms with E-state index in [1.807, 2.05) is 19.9 Å². The zero-order valence-corrected chi connectivity index (χ0v) is 19.0. The molecule has 2 aromatic carbocycles. The molecule has 11 heteroatoms. The molecule has 4 rings (SSSR count). The normalized spacial score (nSPS) is 11.6. The molecule has 2 heterocycles. The Balaban J connectivity index is 0.000000343. The number of halogens is 3. The quantitative estimate of drug-likeness (QED) is 0.448. The van der Waals surface area contributed by atoms with Crippen LogP contribution >= 0.6 is 0 Å². The molecule has 0 fully saturated rings. The Morgan fingerprint density at radius 3 is 2.03 bits per heavy atom.